The van der Waals surface area contributed by atoms with Gasteiger partial charge in [-0.05, 0) is 73.7 Å². The van der Waals surface area contributed by atoms with Gasteiger partial charge in [-0.3, -0.25) is 4.57 Å². The molecule has 6 rings (SSSR count). The number of hydrogen-bond acceptors (Lipinski definition) is 5. The molecule has 38 heavy (non-hydrogen) atoms. The first-order valence-corrected chi connectivity index (χ1v) is 13.6. The molecule has 1 aromatic heterocycles. The topological polar surface area (TPSA) is 46.4 Å². The largest absolute Gasteiger partial charge is 0.497 e. The summed E-state index contributed by atoms with van der Waals surface area (Å²) in [5.41, 5.74) is 7.98. The zero-order chi connectivity index (χ0) is 25.9. The minimum absolute atomic E-state index is 0.813. The third kappa shape index (κ3) is 4.84. The number of methoxy groups -OCH3 is 1. The van der Waals surface area contributed by atoms with Crippen molar-refractivity contribution >= 4 is 11.3 Å². The number of hydrogen-bond donors (Lipinski definition) is 0. The highest BCUT2D eigenvalue weighted by Crippen LogP contribution is 2.34. The Kier molecular flexibility index (Phi) is 6.97. The molecule has 0 unspecified atom stereocenters. The molecule has 0 bridgehead atoms. The molecular formula is C32H35N5O. The van der Waals surface area contributed by atoms with E-state index in [0.717, 1.165) is 69.4 Å². The van der Waals surface area contributed by atoms with Gasteiger partial charge in [0.05, 0.1) is 25.0 Å². The molecule has 0 saturated carbocycles. The fraction of sp³-hybridized carbons (Fsp3) is 0.312. The average Bonchev–Trinajstić information content (AvgIpc) is 3.35. The monoisotopic (exact) mass is 505 g/mol. The molecule has 0 spiro atoms. The van der Waals surface area contributed by atoms with E-state index in [2.05, 4.69) is 103 Å². The number of rotatable bonds is 7. The lowest BCUT2D eigenvalue weighted by Crippen LogP contribution is -2.35. The molecule has 2 aliphatic heterocycles. The number of piperidine rings is 1. The number of anilines is 1. The van der Waals surface area contributed by atoms with Gasteiger partial charge in [-0.1, -0.05) is 60.2 Å². The third-order valence-electron chi connectivity index (χ3n) is 7.84. The van der Waals surface area contributed by atoms with Gasteiger partial charge in [-0.2, -0.15) is 0 Å². The van der Waals surface area contributed by atoms with E-state index >= 15 is 0 Å². The number of benzene rings is 3. The number of para-hydroxylation sites is 2. The van der Waals surface area contributed by atoms with Crippen molar-refractivity contribution < 1.29 is 4.74 Å². The summed E-state index contributed by atoms with van der Waals surface area (Å²) in [6.07, 6.45) is 3.33. The summed E-state index contributed by atoms with van der Waals surface area (Å²) in [6, 6.07) is 28.0. The predicted octanol–water partition coefficient (Wildman–Crippen LogP) is 5.89. The Labute approximate surface area is 225 Å². The Morgan fingerprint density at radius 1 is 0.789 bits per heavy atom. The second-order valence-electron chi connectivity index (χ2n) is 10.2. The van der Waals surface area contributed by atoms with Crippen molar-refractivity contribution in [2.24, 2.45) is 0 Å². The summed E-state index contributed by atoms with van der Waals surface area (Å²) >= 11 is 0. The highest BCUT2D eigenvalue weighted by Gasteiger charge is 2.25. The van der Waals surface area contributed by atoms with Crippen LogP contribution in [0.25, 0.3) is 11.3 Å². The van der Waals surface area contributed by atoms with Gasteiger partial charge in [0.1, 0.15) is 11.6 Å². The van der Waals surface area contributed by atoms with Crippen molar-refractivity contribution in [3.63, 3.8) is 0 Å². The van der Waals surface area contributed by atoms with Crippen molar-refractivity contribution in [1.29, 1.82) is 0 Å². The van der Waals surface area contributed by atoms with Crippen molar-refractivity contribution in [3.8, 4) is 11.4 Å². The zero-order valence-corrected chi connectivity index (χ0v) is 22.3. The van der Waals surface area contributed by atoms with Crippen molar-refractivity contribution in [1.82, 2.24) is 19.7 Å². The van der Waals surface area contributed by atoms with Gasteiger partial charge in [-0.25, -0.2) is 0 Å². The van der Waals surface area contributed by atoms with Gasteiger partial charge in [0.2, 0.25) is 0 Å². The smallest absolute Gasteiger partial charge is 0.157 e. The molecule has 0 amide bonds. The fourth-order valence-electron chi connectivity index (χ4n) is 5.92. The number of fused-ring (bicyclic) bond motifs is 3. The quantitative estimate of drug-likeness (QED) is 0.313. The van der Waals surface area contributed by atoms with Crippen LogP contribution in [0.2, 0.25) is 0 Å². The molecule has 3 heterocycles. The van der Waals surface area contributed by atoms with E-state index in [0.29, 0.717) is 0 Å². The number of likely N-dealkylation sites (tertiary alicyclic amines) is 1. The molecular weight excluding hydrogens is 470 g/mol. The van der Waals surface area contributed by atoms with Crippen molar-refractivity contribution in [3.05, 3.63) is 107 Å². The molecule has 0 N–H and O–H groups in total. The lowest BCUT2D eigenvalue weighted by atomic mass is 9.88. The van der Waals surface area contributed by atoms with Crippen LogP contribution in [0.4, 0.5) is 5.69 Å². The van der Waals surface area contributed by atoms with Crippen LogP contribution in [-0.2, 0) is 6.54 Å². The van der Waals surface area contributed by atoms with E-state index in [1.807, 2.05) is 6.92 Å². The molecule has 4 aromatic rings. The molecule has 6 nitrogen and oxygen atoms in total. The Morgan fingerprint density at radius 3 is 2.21 bits per heavy atom. The fourth-order valence-corrected chi connectivity index (χ4v) is 5.92. The second-order valence-corrected chi connectivity index (χ2v) is 10.2. The lowest BCUT2D eigenvalue weighted by molar-refractivity contribution is 0.254. The number of aromatic nitrogens is 3. The summed E-state index contributed by atoms with van der Waals surface area (Å²) < 4.78 is 7.59. The highest BCUT2D eigenvalue weighted by atomic mass is 16.5. The van der Waals surface area contributed by atoms with Gasteiger partial charge < -0.3 is 14.5 Å². The van der Waals surface area contributed by atoms with Crippen molar-refractivity contribution in [2.45, 2.75) is 32.7 Å². The SMILES string of the molecule is COc1ccc(C(=C2CCN(CCCN3Cc4nnc(C)n4-c4ccccc43)CC2)c2ccccc2)cc1. The molecule has 0 aliphatic carbocycles. The second kappa shape index (κ2) is 10.8. The summed E-state index contributed by atoms with van der Waals surface area (Å²) in [5.74, 6) is 2.88. The van der Waals surface area contributed by atoms with E-state index in [4.69, 9.17) is 4.74 Å². The predicted molar refractivity (Wildman–Crippen MR) is 153 cm³/mol. The van der Waals surface area contributed by atoms with E-state index in [1.165, 1.54) is 28.1 Å². The molecule has 3 aromatic carbocycles. The van der Waals surface area contributed by atoms with E-state index in [-0.39, 0.29) is 0 Å². The van der Waals surface area contributed by atoms with Crippen LogP contribution in [-0.4, -0.2) is 53.0 Å². The van der Waals surface area contributed by atoms with E-state index in [9.17, 15) is 0 Å². The standard InChI is InChI=1S/C32H35N5O/c1-24-33-34-31-23-36(29-11-6-7-12-30(29)37(24)31)20-8-19-35-21-17-27(18-22-35)32(25-9-4-3-5-10-25)26-13-15-28(38-2)16-14-26/h3-7,9-16H,8,17-23H2,1-2H3. The lowest BCUT2D eigenvalue weighted by Gasteiger charge is -2.33. The summed E-state index contributed by atoms with van der Waals surface area (Å²) in [5, 5.41) is 8.76. The summed E-state index contributed by atoms with van der Waals surface area (Å²) in [4.78, 5) is 5.09. The molecule has 1 saturated heterocycles. The van der Waals surface area contributed by atoms with Crippen LogP contribution in [0.3, 0.4) is 0 Å². The van der Waals surface area contributed by atoms with Crippen LogP contribution in [0.5, 0.6) is 5.75 Å². The number of ether oxygens (including phenoxy) is 1. The number of aryl methyl sites for hydroxylation is 1. The van der Waals surface area contributed by atoms with Crippen molar-refractivity contribution in [2.75, 3.05) is 38.2 Å². The summed E-state index contributed by atoms with van der Waals surface area (Å²) in [7, 11) is 1.72. The Hall–Kier alpha value is -3.90. The maximum Gasteiger partial charge on any atom is 0.157 e. The highest BCUT2D eigenvalue weighted by molar-refractivity contribution is 5.82. The normalized spacial score (nSPS) is 15.2. The molecule has 0 radical (unpaired) electrons. The first kappa shape index (κ1) is 24.4. The van der Waals surface area contributed by atoms with Gasteiger partial charge in [0.15, 0.2) is 5.82 Å². The molecule has 2 aliphatic rings. The van der Waals surface area contributed by atoms with E-state index in [1.54, 1.807) is 12.7 Å². The van der Waals surface area contributed by atoms with E-state index < -0.39 is 0 Å². The first-order valence-electron chi connectivity index (χ1n) is 13.6. The Bertz CT molecular complexity index is 1410. The minimum Gasteiger partial charge on any atom is -0.497 e. The Balaban J connectivity index is 1.12. The van der Waals surface area contributed by atoms with Crippen LogP contribution in [0.1, 0.15) is 42.0 Å². The zero-order valence-electron chi connectivity index (χ0n) is 22.3. The number of nitrogens with zero attached hydrogens (tertiary/aromatic N) is 5. The molecule has 1 fully saturated rings. The third-order valence-corrected chi connectivity index (χ3v) is 7.84. The van der Waals surface area contributed by atoms with Crippen LogP contribution in [0, 0.1) is 6.92 Å². The van der Waals surface area contributed by atoms with Gasteiger partial charge in [0.25, 0.3) is 0 Å². The maximum absolute atomic E-state index is 5.40. The van der Waals surface area contributed by atoms with Crippen LogP contribution in [0.15, 0.2) is 84.4 Å². The van der Waals surface area contributed by atoms with Crippen LogP contribution < -0.4 is 9.64 Å². The van der Waals surface area contributed by atoms with Gasteiger partial charge >= 0.3 is 0 Å². The average molecular weight is 506 g/mol. The first-order chi connectivity index (χ1) is 18.7. The molecule has 194 valence electrons. The van der Waals surface area contributed by atoms with Gasteiger partial charge in [0, 0.05) is 19.6 Å². The van der Waals surface area contributed by atoms with Crippen LogP contribution >= 0.6 is 0 Å². The molecule has 6 heteroatoms. The Morgan fingerprint density at radius 2 is 1.47 bits per heavy atom. The molecule has 0 atom stereocenters. The van der Waals surface area contributed by atoms with Gasteiger partial charge in [-0.15, -0.1) is 10.2 Å². The maximum atomic E-state index is 5.40. The minimum atomic E-state index is 0.813. The summed E-state index contributed by atoms with van der Waals surface area (Å²) in [6.45, 7) is 7.18.